The number of hydrogen-bond acceptors (Lipinski definition) is 6. The molecular formula is C25H29N5O3. The molecular weight excluding hydrogens is 418 g/mol. The van der Waals surface area contributed by atoms with Crippen LogP contribution >= 0.6 is 0 Å². The number of methoxy groups -OCH3 is 1. The Balaban J connectivity index is 1.44. The summed E-state index contributed by atoms with van der Waals surface area (Å²) in [5.41, 5.74) is 3.03. The Morgan fingerprint density at radius 2 is 1.91 bits per heavy atom. The topological polar surface area (TPSA) is 87.7 Å². The van der Waals surface area contributed by atoms with E-state index in [4.69, 9.17) is 9.72 Å². The average Bonchev–Trinajstić information content (AvgIpc) is 2.86. The number of nitrogens with one attached hydrogen (secondary N) is 1. The highest BCUT2D eigenvalue weighted by Gasteiger charge is 2.25. The average molecular weight is 448 g/mol. The summed E-state index contributed by atoms with van der Waals surface area (Å²) in [5, 5.41) is 3.75. The first-order valence-electron chi connectivity index (χ1n) is 11.2. The molecule has 3 aromatic rings. The molecule has 1 aliphatic rings. The Hall–Kier alpha value is -3.36. The Morgan fingerprint density at radius 3 is 2.67 bits per heavy atom. The zero-order valence-corrected chi connectivity index (χ0v) is 18.9. The molecule has 0 unspecified atom stereocenters. The van der Waals surface area contributed by atoms with Crippen molar-refractivity contribution in [2.24, 2.45) is 0 Å². The van der Waals surface area contributed by atoms with Gasteiger partial charge in [0.1, 0.15) is 0 Å². The molecule has 0 bridgehead atoms. The zero-order chi connectivity index (χ0) is 23.0. The smallest absolute Gasteiger partial charge is 0.254 e. The van der Waals surface area contributed by atoms with Gasteiger partial charge in [0.25, 0.3) is 5.91 Å². The lowest BCUT2D eigenvalue weighted by Gasteiger charge is -2.34. The Labute approximate surface area is 193 Å². The largest absolute Gasteiger partial charge is 0.385 e. The molecule has 1 N–H and O–H groups in total. The van der Waals surface area contributed by atoms with E-state index >= 15 is 0 Å². The minimum Gasteiger partial charge on any atom is -0.385 e. The molecule has 1 aliphatic heterocycles. The van der Waals surface area contributed by atoms with Crippen molar-refractivity contribution in [2.75, 3.05) is 53.0 Å². The second-order valence-electron chi connectivity index (χ2n) is 8.08. The van der Waals surface area contributed by atoms with Crippen molar-refractivity contribution in [1.82, 2.24) is 25.1 Å². The van der Waals surface area contributed by atoms with Crippen LogP contribution in [0.15, 0.2) is 54.9 Å². The molecule has 2 aromatic heterocycles. The summed E-state index contributed by atoms with van der Waals surface area (Å²) in [6.45, 7) is 4.07. The number of benzene rings is 1. The van der Waals surface area contributed by atoms with Crippen LogP contribution in [0, 0.1) is 0 Å². The molecule has 0 aliphatic carbocycles. The molecule has 33 heavy (non-hydrogen) atoms. The first kappa shape index (κ1) is 22.8. The lowest BCUT2D eigenvalue weighted by molar-refractivity contribution is -0.122. The van der Waals surface area contributed by atoms with E-state index in [9.17, 15) is 9.59 Å². The Bertz CT molecular complexity index is 1100. The predicted octanol–water partition coefficient (Wildman–Crippen LogP) is 2.21. The minimum atomic E-state index is -0.0117. The van der Waals surface area contributed by atoms with Crippen LogP contribution in [0.5, 0.6) is 0 Å². The van der Waals surface area contributed by atoms with Crippen LogP contribution in [0.25, 0.3) is 22.2 Å². The molecule has 0 saturated carbocycles. The fraction of sp³-hybridized carbons (Fsp3) is 0.360. The molecule has 8 nitrogen and oxygen atoms in total. The van der Waals surface area contributed by atoms with E-state index < -0.39 is 0 Å². The van der Waals surface area contributed by atoms with Gasteiger partial charge < -0.3 is 15.0 Å². The van der Waals surface area contributed by atoms with Gasteiger partial charge in [0, 0.05) is 69.8 Å². The SMILES string of the molecule is COCCCNC(=O)CN1CCN(C(=O)c2cc(-c3cccnc3)nc3ccccc23)CC1. The summed E-state index contributed by atoms with van der Waals surface area (Å²) in [7, 11) is 1.65. The van der Waals surface area contributed by atoms with E-state index in [1.54, 1.807) is 19.5 Å². The third kappa shape index (κ3) is 5.71. The first-order valence-corrected chi connectivity index (χ1v) is 11.2. The van der Waals surface area contributed by atoms with E-state index in [2.05, 4.69) is 15.2 Å². The van der Waals surface area contributed by atoms with Crippen molar-refractivity contribution in [3.63, 3.8) is 0 Å². The van der Waals surface area contributed by atoms with Crippen molar-refractivity contribution in [3.05, 3.63) is 60.4 Å². The zero-order valence-electron chi connectivity index (χ0n) is 18.9. The van der Waals surface area contributed by atoms with Gasteiger partial charge >= 0.3 is 0 Å². The molecule has 2 amide bonds. The third-order valence-corrected chi connectivity index (χ3v) is 5.78. The van der Waals surface area contributed by atoms with Crippen LogP contribution < -0.4 is 5.32 Å². The van der Waals surface area contributed by atoms with E-state index in [-0.39, 0.29) is 11.8 Å². The van der Waals surface area contributed by atoms with Gasteiger partial charge in [-0.25, -0.2) is 4.98 Å². The molecule has 0 radical (unpaired) electrons. The van der Waals surface area contributed by atoms with Gasteiger partial charge in [-0.3, -0.25) is 19.5 Å². The number of rotatable bonds is 8. The molecule has 0 spiro atoms. The number of ether oxygens (including phenoxy) is 1. The highest BCUT2D eigenvalue weighted by Crippen LogP contribution is 2.25. The quantitative estimate of drug-likeness (QED) is 0.533. The monoisotopic (exact) mass is 447 g/mol. The lowest BCUT2D eigenvalue weighted by Crippen LogP contribution is -2.51. The molecule has 1 fully saturated rings. The maximum atomic E-state index is 13.5. The van der Waals surface area contributed by atoms with Crippen LogP contribution in [0.1, 0.15) is 16.8 Å². The normalized spacial score (nSPS) is 14.4. The third-order valence-electron chi connectivity index (χ3n) is 5.78. The van der Waals surface area contributed by atoms with Crippen molar-refractivity contribution >= 4 is 22.7 Å². The van der Waals surface area contributed by atoms with Crippen molar-refractivity contribution < 1.29 is 14.3 Å². The van der Waals surface area contributed by atoms with Crippen LogP contribution in [-0.4, -0.2) is 84.6 Å². The maximum Gasteiger partial charge on any atom is 0.254 e. The van der Waals surface area contributed by atoms with Crippen molar-refractivity contribution in [3.8, 4) is 11.3 Å². The number of piperazine rings is 1. The molecule has 1 saturated heterocycles. The molecule has 4 rings (SSSR count). The molecule has 1 aromatic carbocycles. The van der Waals surface area contributed by atoms with E-state index in [0.717, 1.165) is 28.6 Å². The van der Waals surface area contributed by atoms with Gasteiger partial charge in [-0.15, -0.1) is 0 Å². The number of hydrogen-bond donors (Lipinski definition) is 1. The van der Waals surface area contributed by atoms with Gasteiger partial charge in [0.15, 0.2) is 0 Å². The summed E-state index contributed by atoms with van der Waals surface area (Å²) < 4.78 is 5.00. The number of amides is 2. The molecule has 3 heterocycles. The van der Waals surface area contributed by atoms with Crippen LogP contribution in [0.4, 0.5) is 0 Å². The number of nitrogens with zero attached hydrogens (tertiary/aromatic N) is 4. The number of carbonyl (C=O) groups excluding carboxylic acids is 2. The summed E-state index contributed by atoms with van der Waals surface area (Å²) in [6, 6.07) is 13.4. The van der Waals surface area contributed by atoms with Crippen LogP contribution in [0.3, 0.4) is 0 Å². The van der Waals surface area contributed by atoms with Gasteiger partial charge in [0.05, 0.1) is 23.3 Å². The van der Waals surface area contributed by atoms with Gasteiger partial charge in [-0.1, -0.05) is 18.2 Å². The van der Waals surface area contributed by atoms with Crippen LogP contribution in [-0.2, 0) is 9.53 Å². The number of carbonyl (C=O) groups is 2. The summed E-state index contributed by atoms with van der Waals surface area (Å²) in [5.74, 6) is -0.00507. The second kappa shape index (κ2) is 11.0. The number of pyridine rings is 2. The minimum absolute atomic E-state index is 0.00659. The highest BCUT2D eigenvalue weighted by molar-refractivity contribution is 6.07. The van der Waals surface area contributed by atoms with E-state index in [1.807, 2.05) is 47.4 Å². The van der Waals surface area contributed by atoms with Crippen molar-refractivity contribution in [1.29, 1.82) is 0 Å². The molecule has 8 heteroatoms. The second-order valence-corrected chi connectivity index (χ2v) is 8.08. The molecule has 172 valence electrons. The fourth-order valence-electron chi connectivity index (χ4n) is 4.00. The van der Waals surface area contributed by atoms with E-state index in [0.29, 0.717) is 51.4 Å². The fourth-order valence-corrected chi connectivity index (χ4v) is 4.00. The first-order chi connectivity index (χ1) is 16.2. The standard InChI is InChI=1S/C25H29N5O3/c1-33-15-5-10-27-24(31)18-29-11-13-30(14-12-29)25(32)21-16-23(19-6-4-9-26-17-19)28-22-8-3-2-7-20(21)22/h2-4,6-9,16-17H,5,10-15,18H2,1H3,(H,27,31). The lowest BCUT2D eigenvalue weighted by atomic mass is 10.0. The Kier molecular flexibility index (Phi) is 7.59. The van der Waals surface area contributed by atoms with Crippen LogP contribution in [0.2, 0.25) is 0 Å². The van der Waals surface area contributed by atoms with E-state index in [1.165, 1.54) is 0 Å². The Morgan fingerprint density at radius 1 is 1.09 bits per heavy atom. The summed E-state index contributed by atoms with van der Waals surface area (Å²) in [6.07, 6.45) is 4.27. The highest BCUT2D eigenvalue weighted by atomic mass is 16.5. The number of fused-ring (bicyclic) bond motifs is 1. The molecule has 0 atom stereocenters. The predicted molar refractivity (Wildman–Crippen MR) is 127 cm³/mol. The summed E-state index contributed by atoms with van der Waals surface area (Å²) >= 11 is 0. The van der Waals surface area contributed by atoms with Gasteiger partial charge in [-0.05, 0) is 30.7 Å². The summed E-state index contributed by atoms with van der Waals surface area (Å²) in [4.78, 5) is 38.5. The number of aromatic nitrogens is 2. The van der Waals surface area contributed by atoms with Crippen molar-refractivity contribution in [2.45, 2.75) is 6.42 Å². The van der Waals surface area contributed by atoms with Gasteiger partial charge in [-0.2, -0.15) is 0 Å². The number of para-hydroxylation sites is 1. The van der Waals surface area contributed by atoms with Gasteiger partial charge in [0.2, 0.25) is 5.91 Å². The maximum absolute atomic E-state index is 13.5.